The largest absolute Gasteiger partial charge is 0.370 e. The van der Waals surface area contributed by atoms with Gasteiger partial charge in [0.2, 0.25) is 11.9 Å². The van der Waals surface area contributed by atoms with Crippen LogP contribution in [-0.2, 0) is 16.1 Å². The molecule has 220 valence electrons. The molecular weight excluding hydrogens is 542 g/mol. The minimum atomic E-state index is -0.660. The first-order valence-electron chi connectivity index (χ1n) is 14.2. The Balaban J connectivity index is 1.17. The number of aryl methyl sites for hydroxylation is 1. The van der Waals surface area contributed by atoms with E-state index < -0.39 is 11.6 Å². The maximum Gasteiger partial charge on any atom is 0.229 e. The number of rotatable bonds is 6. The topological polar surface area (TPSA) is 101 Å². The van der Waals surface area contributed by atoms with Gasteiger partial charge >= 0.3 is 0 Å². The molecule has 4 aromatic rings. The molecule has 10 nitrogen and oxygen atoms in total. The van der Waals surface area contributed by atoms with Crippen LogP contribution in [0.25, 0.3) is 22.3 Å². The van der Waals surface area contributed by atoms with Crippen molar-refractivity contribution in [1.29, 1.82) is 0 Å². The van der Waals surface area contributed by atoms with E-state index in [1.165, 1.54) is 6.07 Å². The number of likely N-dealkylation sites (tertiary alicyclic amines) is 1. The van der Waals surface area contributed by atoms with Gasteiger partial charge in [0.1, 0.15) is 28.5 Å². The molecule has 2 saturated heterocycles. The molecule has 0 bridgehead atoms. The van der Waals surface area contributed by atoms with E-state index in [1.54, 1.807) is 19.2 Å². The maximum atomic E-state index is 15.0. The van der Waals surface area contributed by atoms with E-state index in [-0.39, 0.29) is 34.7 Å². The molecule has 2 aliphatic rings. The maximum absolute atomic E-state index is 15.0. The van der Waals surface area contributed by atoms with Gasteiger partial charge in [-0.1, -0.05) is 6.07 Å². The van der Waals surface area contributed by atoms with E-state index in [1.807, 2.05) is 42.4 Å². The lowest BCUT2D eigenvalue weighted by Crippen LogP contribution is -2.53. The Kier molecular flexibility index (Phi) is 7.36. The van der Waals surface area contributed by atoms with Gasteiger partial charge in [-0.15, -0.1) is 0 Å². The molecule has 1 atom stereocenters. The summed E-state index contributed by atoms with van der Waals surface area (Å²) < 4.78 is 37.9. The van der Waals surface area contributed by atoms with E-state index in [0.29, 0.717) is 42.4 Å². The first-order chi connectivity index (χ1) is 20.1. The molecule has 3 aromatic heterocycles. The number of ether oxygens (including phenoxy) is 1. The fraction of sp³-hybridized carbons (Fsp3) is 0.433. The summed E-state index contributed by atoms with van der Waals surface area (Å²) in [6.45, 7) is 11.6. The highest BCUT2D eigenvalue weighted by atomic mass is 19.1. The summed E-state index contributed by atoms with van der Waals surface area (Å²) in [7, 11) is 0. The van der Waals surface area contributed by atoms with Crippen molar-refractivity contribution < 1.29 is 18.3 Å². The summed E-state index contributed by atoms with van der Waals surface area (Å²) in [5.74, 6) is 0.211. The van der Waals surface area contributed by atoms with Crippen molar-refractivity contribution in [2.45, 2.75) is 52.3 Å². The summed E-state index contributed by atoms with van der Waals surface area (Å²) >= 11 is 0. The number of morpholine rings is 1. The molecule has 5 heterocycles. The Morgan fingerprint density at radius 1 is 1.10 bits per heavy atom. The standard InChI is InChI=1S/C30H34F2N8O2/c1-18(2)40-19(3)35-28-23(31)11-22(12-25(28)40)27-24(32)14-34-29(37-27)36-26-6-5-21(13-33-26)15-38-9-10-42-30(16-38)7-8-39(17-30)20(4)41/h5-6,11-14,18H,7-10,15-17H2,1-4H3,(H,33,34,36,37)/t30-/m0/s1. The molecule has 12 heteroatoms. The van der Waals surface area contributed by atoms with E-state index in [2.05, 4.69) is 30.2 Å². The zero-order chi connectivity index (χ0) is 29.6. The summed E-state index contributed by atoms with van der Waals surface area (Å²) in [6, 6.07) is 6.80. The number of benzene rings is 1. The summed E-state index contributed by atoms with van der Waals surface area (Å²) in [5.41, 5.74) is 1.83. The molecule has 0 saturated carbocycles. The van der Waals surface area contributed by atoms with Crippen molar-refractivity contribution in [3.8, 4) is 11.3 Å². The Morgan fingerprint density at radius 2 is 1.93 bits per heavy atom. The van der Waals surface area contributed by atoms with Crippen molar-refractivity contribution in [3.63, 3.8) is 0 Å². The second-order valence-corrected chi connectivity index (χ2v) is 11.4. The summed E-state index contributed by atoms with van der Waals surface area (Å²) in [6.07, 6.45) is 3.69. The van der Waals surface area contributed by atoms with Gasteiger partial charge in [0, 0.05) is 50.9 Å². The third-order valence-corrected chi connectivity index (χ3v) is 8.02. The van der Waals surface area contributed by atoms with Crippen LogP contribution in [0, 0.1) is 18.6 Å². The van der Waals surface area contributed by atoms with Crippen molar-refractivity contribution >= 4 is 28.7 Å². The number of carbonyl (C=O) groups is 1. The molecule has 0 radical (unpaired) electrons. The number of nitrogens with one attached hydrogen (secondary N) is 1. The molecule has 0 unspecified atom stereocenters. The number of amides is 1. The van der Waals surface area contributed by atoms with Crippen LogP contribution in [0.4, 0.5) is 20.5 Å². The van der Waals surface area contributed by atoms with Crippen molar-refractivity contribution in [2.24, 2.45) is 0 Å². The van der Waals surface area contributed by atoms with E-state index >= 15 is 4.39 Å². The number of imidazole rings is 1. The molecule has 2 fully saturated rings. The lowest BCUT2D eigenvalue weighted by molar-refractivity contribution is -0.132. The minimum Gasteiger partial charge on any atom is -0.370 e. The van der Waals surface area contributed by atoms with Gasteiger partial charge in [-0.2, -0.15) is 0 Å². The number of nitrogens with zero attached hydrogens (tertiary/aromatic N) is 7. The van der Waals surface area contributed by atoms with Gasteiger partial charge in [0.05, 0.1) is 24.9 Å². The quantitative estimate of drug-likeness (QED) is 0.355. The first-order valence-corrected chi connectivity index (χ1v) is 14.2. The van der Waals surface area contributed by atoms with Gasteiger partial charge in [-0.25, -0.2) is 28.7 Å². The molecule has 1 N–H and O–H groups in total. The van der Waals surface area contributed by atoms with Gasteiger partial charge in [0.15, 0.2) is 11.6 Å². The highest BCUT2D eigenvalue weighted by molar-refractivity contribution is 5.83. The Morgan fingerprint density at radius 3 is 2.64 bits per heavy atom. The SMILES string of the molecule is CC(=O)N1CC[C@]2(CN(Cc3ccc(Nc4ncc(F)c(-c5cc(F)c6nc(C)n(C(C)C)c6c5)n4)nc3)CCO2)C1. The van der Waals surface area contributed by atoms with Crippen molar-refractivity contribution in [2.75, 3.05) is 38.1 Å². The highest BCUT2D eigenvalue weighted by Crippen LogP contribution is 2.32. The van der Waals surface area contributed by atoms with E-state index in [0.717, 1.165) is 37.8 Å². The first kappa shape index (κ1) is 28.1. The number of pyridine rings is 1. The van der Waals surface area contributed by atoms with Crippen LogP contribution in [0.2, 0.25) is 0 Å². The number of hydrogen-bond donors (Lipinski definition) is 1. The average molecular weight is 577 g/mol. The highest BCUT2D eigenvalue weighted by Gasteiger charge is 2.43. The second kappa shape index (κ2) is 11.0. The number of hydrogen-bond acceptors (Lipinski definition) is 8. The summed E-state index contributed by atoms with van der Waals surface area (Å²) in [5, 5.41) is 3.03. The van der Waals surface area contributed by atoms with Crippen LogP contribution < -0.4 is 5.32 Å². The number of fused-ring (bicyclic) bond motifs is 1. The van der Waals surface area contributed by atoms with Crippen LogP contribution in [0.5, 0.6) is 0 Å². The van der Waals surface area contributed by atoms with Gasteiger partial charge in [-0.05, 0) is 51.0 Å². The van der Waals surface area contributed by atoms with Crippen LogP contribution in [-0.4, -0.2) is 78.6 Å². The van der Waals surface area contributed by atoms with Gasteiger partial charge in [0.25, 0.3) is 0 Å². The van der Waals surface area contributed by atoms with E-state index in [4.69, 9.17) is 4.74 Å². The Bertz CT molecular complexity index is 1640. The second-order valence-electron chi connectivity index (χ2n) is 11.4. The molecule has 1 aromatic carbocycles. The van der Waals surface area contributed by atoms with Crippen molar-refractivity contribution in [3.05, 3.63) is 59.7 Å². The average Bonchev–Trinajstić information content (AvgIpc) is 3.51. The number of anilines is 2. The fourth-order valence-corrected chi connectivity index (χ4v) is 6.07. The lowest BCUT2D eigenvalue weighted by Gasteiger charge is -2.40. The normalized spacial score (nSPS) is 19.4. The monoisotopic (exact) mass is 576 g/mol. The summed E-state index contributed by atoms with van der Waals surface area (Å²) in [4.78, 5) is 33.3. The third-order valence-electron chi connectivity index (χ3n) is 8.02. The Labute approximate surface area is 242 Å². The zero-order valence-corrected chi connectivity index (χ0v) is 24.2. The van der Waals surface area contributed by atoms with Crippen LogP contribution in [0.15, 0.2) is 36.7 Å². The van der Waals surface area contributed by atoms with E-state index in [9.17, 15) is 9.18 Å². The van der Waals surface area contributed by atoms with Crippen LogP contribution in [0.3, 0.4) is 0 Å². The van der Waals surface area contributed by atoms with Gasteiger partial charge < -0.3 is 19.5 Å². The fourth-order valence-electron chi connectivity index (χ4n) is 6.07. The zero-order valence-electron chi connectivity index (χ0n) is 24.2. The minimum absolute atomic E-state index is 0.0180. The predicted molar refractivity (Wildman–Crippen MR) is 154 cm³/mol. The van der Waals surface area contributed by atoms with Crippen molar-refractivity contribution in [1.82, 2.24) is 34.3 Å². The number of carbonyl (C=O) groups excluding carboxylic acids is 1. The van der Waals surface area contributed by atoms with Crippen LogP contribution in [0.1, 0.15) is 44.6 Å². The lowest BCUT2D eigenvalue weighted by atomic mass is 10.0. The predicted octanol–water partition coefficient (Wildman–Crippen LogP) is 4.62. The third kappa shape index (κ3) is 5.43. The smallest absolute Gasteiger partial charge is 0.229 e. The van der Waals surface area contributed by atoms with Gasteiger partial charge in [-0.3, -0.25) is 9.69 Å². The molecule has 1 amide bonds. The number of halogens is 2. The molecule has 6 rings (SSSR count). The van der Waals surface area contributed by atoms with Crippen LogP contribution >= 0.6 is 0 Å². The number of aromatic nitrogens is 5. The molecule has 2 aliphatic heterocycles. The molecular formula is C30H34F2N8O2. The molecule has 42 heavy (non-hydrogen) atoms. The Hall–Kier alpha value is -4.03. The molecule has 0 aliphatic carbocycles. The molecule has 1 spiro atoms.